The number of hydrogen-bond acceptors (Lipinski definition) is 8. The highest BCUT2D eigenvalue weighted by molar-refractivity contribution is 7.99. The molecular weight excluding hydrogens is 531 g/mol. The van der Waals surface area contributed by atoms with Crippen LogP contribution in [0.1, 0.15) is 41.0 Å². The molecule has 0 radical (unpaired) electrons. The van der Waals surface area contributed by atoms with Crippen molar-refractivity contribution < 1.29 is 19.1 Å². The minimum atomic E-state index is -0.497. The lowest BCUT2D eigenvalue weighted by Gasteiger charge is -2.16. The quantitative estimate of drug-likeness (QED) is 0.175. The van der Waals surface area contributed by atoms with E-state index in [4.69, 9.17) is 32.7 Å². The number of aromatic nitrogens is 3. The predicted octanol–water partition coefficient (Wildman–Crippen LogP) is 6.05. The number of carbonyl (C=O) groups is 2. The molecule has 8 nitrogen and oxygen atoms in total. The van der Waals surface area contributed by atoms with E-state index in [9.17, 15) is 9.59 Å². The number of thioether (sulfide) groups is 1. The van der Waals surface area contributed by atoms with Crippen LogP contribution in [0.5, 0.6) is 5.75 Å². The van der Waals surface area contributed by atoms with Crippen LogP contribution in [0.4, 0.5) is 5.00 Å². The van der Waals surface area contributed by atoms with Gasteiger partial charge in [-0.1, -0.05) is 48.0 Å². The lowest BCUT2D eigenvalue weighted by Crippen LogP contribution is -2.16. The Labute approximate surface area is 221 Å². The maximum absolute atomic E-state index is 12.7. The van der Waals surface area contributed by atoms with Gasteiger partial charge in [-0.05, 0) is 31.5 Å². The van der Waals surface area contributed by atoms with Gasteiger partial charge in [0.25, 0.3) is 0 Å². The molecule has 1 atom stereocenters. The summed E-state index contributed by atoms with van der Waals surface area (Å²) in [6, 6.07) is 6.70. The Hall–Kier alpha value is -2.53. The summed E-state index contributed by atoms with van der Waals surface area (Å²) in [5.74, 6) is 0.257. The predicted molar refractivity (Wildman–Crippen MR) is 140 cm³/mol. The second kappa shape index (κ2) is 12.4. The van der Waals surface area contributed by atoms with Crippen molar-refractivity contribution in [2.45, 2.75) is 38.1 Å². The number of anilines is 1. The number of esters is 1. The number of hydrogen-bond donors (Lipinski definition) is 1. The molecule has 3 aromatic rings. The van der Waals surface area contributed by atoms with Crippen molar-refractivity contribution in [3.8, 4) is 5.75 Å². The molecule has 0 aliphatic heterocycles. The summed E-state index contributed by atoms with van der Waals surface area (Å²) < 4.78 is 12.6. The number of amides is 1. The highest BCUT2D eigenvalue weighted by atomic mass is 35.5. The van der Waals surface area contributed by atoms with E-state index in [0.29, 0.717) is 43.9 Å². The molecule has 0 fully saturated rings. The molecule has 0 aliphatic rings. The molecule has 3 rings (SSSR count). The first-order chi connectivity index (χ1) is 16.8. The van der Waals surface area contributed by atoms with E-state index in [0.717, 1.165) is 11.3 Å². The lowest BCUT2D eigenvalue weighted by atomic mass is 10.2. The molecule has 186 valence electrons. The molecule has 2 aromatic heterocycles. The molecule has 0 saturated carbocycles. The van der Waals surface area contributed by atoms with Crippen LogP contribution >= 0.6 is 46.3 Å². The van der Waals surface area contributed by atoms with Crippen LogP contribution in [0.3, 0.4) is 0 Å². The topological polar surface area (TPSA) is 95.3 Å². The van der Waals surface area contributed by atoms with Gasteiger partial charge in [0.1, 0.15) is 10.8 Å². The van der Waals surface area contributed by atoms with Crippen LogP contribution in [0, 0.1) is 0 Å². The number of ether oxygens (including phenoxy) is 2. The van der Waals surface area contributed by atoms with E-state index in [1.165, 1.54) is 30.2 Å². The van der Waals surface area contributed by atoms with Gasteiger partial charge in [-0.2, -0.15) is 0 Å². The molecule has 0 bridgehead atoms. The van der Waals surface area contributed by atoms with E-state index < -0.39 is 12.1 Å². The summed E-state index contributed by atoms with van der Waals surface area (Å²) in [6.07, 6.45) is 1.95. The average molecular weight is 556 g/mol. The molecule has 0 saturated heterocycles. The number of methoxy groups -OCH3 is 1. The van der Waals surface area contributed by atoms with Gasteiger partial charge in [0, 0.05) is 22.5 Å². The first kappa shape index (κ1) is 27.1. The number of allylic oxidation sites excluding steroid dienone is 1. The van der Waals surface area contributed by atoms with E-state index in [1.54, 1.807) is 30.3 Å². The maximum Gasteiger partial charge on any atom is 0.340 e. The van der Waals surface area contributed by atoms with Crippen molar-refractivity contribution in [1.82, 2.24) is 14.8 Å². The molecular formula is C23H24Cl2N4O4S2. The number of aryl methyl sites for hydroxylation is 1. The first-order valence-electron chi connectivity index (χ1n) is 10.6. The number of benzene rings is 1. The van der Waals surface area contributed by atoms with Gasteiger partial charge < -0.3 is 14.8 Å². The zero-order valence-corrected chi connectivity index (χ0v) is 22.5. The SMILES string of the molecule is C=CCn1c(SCC(=O)Nc2sc(CC)cc2C(=O)OC)nnc1C(C)Oc1cc(Cl)ccc1Cl. The highest BCUT2D eigenvalue weighted by Gasteiger charge is 2.22. The van der Waals surface area contributed by atoms with Crippen LogP contribution < -0.4 is 10.1 Å². The van der Waals surface area contributed by atoms with Crippen LogP contribution in [0.25, 0.3) is 0 Å². The molecule has 12 heteroatoms. The highest BCUT2D eigenvalue weighted by Crippen LogP contribution is 2.33. The van der Waals surface area contributed by atoms with Crippen LogP contribution in [-0.2, 0) is 22.5 Å². The minimum Gasteiger partial charge on any atom is -0.481 e. The third-order valence-electron chi connectivity index (χ3n) is 4.74. The summed E-state index contributed by atoms with van der Waals surface area (Å²) in [7, 11) is 1.31. The van der Waals surface area contributed by atoms with Gasteiger partial charge in [0.15, 0.2) is 17.1 Å². The Kier molecular flexibility index (Phi) is 9.62. The minimum absolute atomic E-state index is 0.0601. The molecule has 1 unspecified atom stereocenters. The van der Waals surface area contributed by atoms with Gasteiger partial charge >= 0.3 is 5.97 Å². The Morgan fingerprint density at radius 1 is 1.31 bits per heavy atom. The van der Waals surface area contributed by atoms with E-state index in [-0.39, 0.29) is 11.7 Å². The van der Waals surface area contributed by atoms with Gasteiger partial charge in [-0.25, -0.2) is 4.79 Å². The zero-order chi connectivity index (χ0) is 25.5. The third-order valence-corrected chi connectivity index (χ3v) is 7.45. The van der Waals surface area contributed by atoms with Crippen molar-refractivity contribution in [3.63, 3.8) is 0 Å². The Balaban J connectivity index is 1.71. The van der Waals surface area contributed by atoms with Crippen molar-refractivity contribution >= 4 is 63.2 Å². The van der Waals surface area contributed by atoms with Crippen LogP contribution in [0.15, 0.2) is 42.1 Å². The second-order valence-corrected chi connectivity index (χ2v) is 10.1. The monoisotopic (exact) mass is 554 g/mol. The standard InChI is InChI=1S/C23H24Cl2N4O4S2/c1-5-9-29-20(13(3)33-18-10-14(24)7-8-17(18)25)27-28-23(29)34-12-19(30)26-21-16(22(31)32-4)11-15(6-2)35-21/h5,7-8,10-11,13H,1,6,9,12H2,2-4H3,(H,26,30). The van der Waals surface area contributed by atoms with Gasteiger partial charge in [-0.15, -0.1) is 28.1 Å². The van der Waals surface area contributed by atoms with Gasteiger partial charge in [0.05, 0.1) is 23.4 Å². The van der Waals surface area contributed by atoms with Crippen molar-refractivity contribution in [1.29, 1.82) is 0 Å². The average Bonchev–Trinajstić information content (AvgIpc) is 3.43. The van der Waals surface area contributed by atoms with Crippen LogP contribution in [0.2, 0.25) is 10.0 Å². The number of rotatable bonds is 11. The molecule has 0 aliphatic carbocycles. The summed E-state index contributed by atoms with van der Waals surface area (Å²) in [4.78, 5) is 25.7. The summed E-state index contributed by atoms with van der Waals surface area (Å²) in [6.45, 7) is 8.01. The lowest BCUT2D eigenvalue weighted by molar-refractivity contribution is -0.113. The van der Waals surface area contributed by atoms with E-state index >= 15 is 0 Å². The van der Waals surface area contributed by atoms with E-state index in [1.807, 2.05) is 18.4 Å². The van der Waals surface area contributed by atoms with E-state index in [2.05, 4.69) is 22.1 Å². The Bertz CT molecular complexity index is 1230. The summed E-state index contributed by atoms with van der Waals surface area (Å²) in [5.41, 5.74) is 0.343. The number of nitrogens with zero attached hydrogens (tertiary/aromatic N) is 3. The largest absolute Gasteiger partial charge is 0.481 e. The van der Waals surface area contributed by atoms with Crippen molar-refractivity contribution in [3.05, 3.63) is 63.2 Å². The van der Waals surface area contributed by atoms with Gasteiger partial charge in [0.2, 0.25) is 5.91 Å². The van der Waals surface area contributed by atoms with Gasteiger partial charge in [-0.3, -0.25) is 9.36 Å². The summed E-state index contributed by atoms with van der Waals surface area (Å²) >= 11 is 14.8. The molecule has 1 amide bonds. The van der Waals surface area contributed by atoms with Crippen LogP contribution in [-0.4, -0.2) is 39.5 Å². The molecule has 35 heavy (non-hydrogen) atoms. The zero-order valence-electron chi connectivity index (χ0n) is 19.3. The number of halogens is 2. The molecule has 2 heterocycles. The van der Waals surface area contributed by atoms with Crippen molar-refractivity contribution in [2.24, 2.45) is 0 Å². The van der Waals surface area contributed by atoms with Crippen molar-refractivity contribution in [2.75, 3.05) is 18.2 Å². The number of carbonyl (C=O) groups excluding carboxylic acids is 2. The second-order valence-electron chi connectivity index (χ2n) is 7.21. The normalized spacial score (nSPS) is 11.7. The Morgan fingerprint density at radius 3 is 2.77 bits per heavy atom. The molecule has 1 aromatic carbocycles. The number of thiophene rings is 1. The fraction of sp³-hybridized carbons (Fsp3) is 0.304. The Morgan fingerprint density at radius 2 is 2.09 bits per heavy atom. The summed E-state index contributed by atoms with van der Waals surface area (Å²) in [5, 5.41) is 13.2. The fourth-order valence-electron chi connectivity index (χ4n) is 3.08. The smallest absolute Gasteiger partial charge is 0.340 e. The molecule has 1 N–H and O–H groups in total. The third kappa shape index (κ3) is 6.78. The number of nitrogens with one attached hydrogen (secondary N) is 1. The first-order valence-corrected chi connectivity index (χ1v) is 13.1. The fourth-order valence-corrected chi connectivity index (χ4v) is 5.16. The maximum atomic E-state index is 12.7. The molecule has 0 spiro atoms.